The third-order valence-corrected chi connectivity index (χ3v) is 12.0. The smallest absolute Gasteiger partial charge is 0.165 e. The first kappa shape index (κ1) is 34.8. The topological polar surface area (TPSA) is 43.6 Å². The number of hydrogen-bond acceptors (Lipinski definition) is 3. The first-order valence-electron chi connectivity index (χ1n) is 20.7. The summed E-state index contributed by atoms with van der Waals surface area (Å²) in [4.78, 5) is 16.0. The Morgan fingerprint density at radius 2 is 0.869 bits per heavy atom. The van der Waals surface area contributed by atoms with Gasteiger partial charge in [-0.1, -0.05) is 182 Å². The summed E-state index contributed by atoms with van der Waals surface area (Å²) in [6, 6.07) is 77.5. The van der Waals surface area contributed by atoms with Gasteiger partial charge in [0.05, 0.1) is 11.0 Å². The molecule has 0 saturated heterocycles. The van der Waals surface area contributed by atoms with E-state index in [9.17, 15) is 0 Å². The van der Waals surface area contributed by atoms with Crippen molar-refractivity contribution in [1.82, 2.24) is 19.5 Å². The number of hydrogen-bond donors (Lipinski definition) is 0. The van der Waals surface area contributed by atoms with Crippen LogP contribution < -0.4 is 0 Å². The van der Waals surface area contributed by atoms with Crippen molar-refractivity contribution in [2.75, 3.05) is 0 Å². The minimum absolute atomic E-state index is 0.623. The molecule has 2 aromatic heterocycles. The zero-order chi connectivity index (χ0) is 40.3. The standard InChI is InChI=1S/C57H36N4/c1-3-15-38(16-4-1)44-21-11-12-25-49(44)56-58-55(59-57(60-56)54-46-23-10-8-18-42(46)36-50-45-22-9-7-17-39(45)31-33-48(50)54)40-29-27-37(28-30-40)41-32-34-53-51(35-41)47-24-13-14-26-52(47)61(53)43-19-5-2-6-20-43/h1-36H. The maximum atomic E-state index is 5.38. The highest BCUT2D eigenvalue weighted by molar-refractivity contribution is 6.19. The van der Waals surface area contributed by atoms with Crippen molar-refractivity contribution in [2.45, 2.75) is 0 Å². The lowest BCUT2D eigenvalue weighted by atomic mass is 9.93. The van der Waals surface area contributed by atoms with Crippen LogP contribution in [0.2, 0.25) is 0 Å². The van der Waals surface area contributed by atoms with Gasteiger partial charge in [0.15, 0.2) is 17.5 Å². The van der Waals surface area contributed by atoms with Gasteiger partial charge in [-0.15, -0.1) is 0 Å². The summed E-state index contributed by atoms with van der Waals surface area (Å²) < 4.78 is 2.35. The van der Waals surface area contributed by atoms with Gasteiger partial charge in [-0.05, 0) is 91.0 Å². The van der Waals surface area contributed by atoms with Crippen LogP contribution in [-0.2, 0) is 0 Å². The molecule has 0 saturated carbocycles. The van der Waals surface area contributed by atoms with Crippen LogP contribution in [0.3, 0.4) is 0 Å². The van der Waals surface area contributed by atoms with Gasteiger partial charge in [0, 0.05) is 33.2 Å². The van der Waals surface area contributed by atoms with Gasteiger partial charge in [-0.3, -0.25) is 0 Å². The molecule has 0 N–H and O–H groups in total. The van der Waals surface area contributed by atoms with Crippen molar-refractivity contribution in [1.29, 1.82) is 0 Å². The van der Waals surface area contributed by atoms with E-state index in [1.54, 1.807) is 0 Å². The Hall–Kier alpha value is -8.21. The maximum absolute atomic E-state index is 5.38. The summed E-state index contributed by atoms with van der Waals surface area (Å²) >= 11 is 0. The second-order valence-corrected chi connectivity index (χ2v) is 15.6. The Morgan fingerprint density at radius 3 is 1.69 bits per heavy atom. The molecule has 0 aliphatic rings. The van der Waals surface area contributed by atoms with Crippen LogP contribution in [0.5, 0.6) is 0 Å². The highest BCUT2D eigenvalue weighted by Gasteiger charge is 2.20. The molecule has 0 bridgehead atoms. The molecule has 0 spiro atoms. The largest absolute Gasteiger partial charge is 0.309 e. The number of nitrogens with zero attached hydrogens (tertiary/aromatic N) is 4. The number of benzene rings is 10. The Kier molecular flexibility index (Phi) is 8.13. The van der Waals surface area contributed by atoms with Crippen molar-refractivity contribution >= 4 is 54.1 Å². The Bertz CT molecular complexity index is 3630. The van der Waals surface area contributed by atoms with Gasteiger partial charge in [-0.25, -0.2) is 15.0 Å². The zero-order valence-electron chi connectivity index (χ0n) is 33.1. The summed E-state index contributed by atoms with van der Waals surface area (Å²) in [6.45, 7) is 0. The molecule has 10 aromatic carbocycles. The van der Waals surface area contributed by atoms with Crippen molar-refractivity contribution in [3.63, 3.8) is 0 Å². The zero-order valence-corrected chi connectivity index (χ0v) is 33.1. The molecule has 12 rings (SSSR count). The Morgan fingerprint density at radius 1 is 0.279 bits per heavy atom. The number of fused-ring (bicyclic) bond motifs is 7. The fourth-order valence-electron chi connectivity index (χ4n) is 9.17. The molecule has 61 heavy (non-hydrogen) atoms. The van der Waals surface area contributed by atoms with Crippen molar-refractivity contribution in [3.05, 3.63) is 218 Å². The van der Waals surface area contributed by atoms with Crippen molar-refractivity contribution in [2.24, 2.45) is 0 Å². The van der Waals surface area contributed by atoms with Crippen LogP contribution >= 0.6 is 0 Å². The fraction of sp³-hybridized carbons (Fsp3) is 0. The normalized spacial score (nSPS) is 11.6. The molecule has 0 aliphatic carbocycles. The van der Waals surface area contributed by atoms with E-state index in [2.05, 4.69) is 217 Å². The van der Waals surface area contributed by atoms with Gasteiger partial charge >= 0.3 is 0 Å². The first-order chi connectivity index (χ1) is 30.2. The highest BCUT2D eigenvalue weighted by atomic mass is 15.0. The molecule has 0 amide bonds. The van der Waals surface area contributed by atoms with Crippen molar-refractivity contribution in [3.8, 4) is 62.1 Å². The molecule has 0 fully saturated rings. The van der Waals surface area contributed by atoms with E-state index in [0.717, 1.165) is 60.8 Å². The molecule has 0 atom stereocenters. The van der Waals surface area contributed by atoms with Crippen LogP contribution in [0.25, 0.3) is 116 Å². The summed E-state index contributed by atoms with van der Waals surface area (Å²) in [5.74, 6) is 1.90. The van der Waals surface area contributed by atoms with E-state index in [1.807, 2.05) is 6.07 Å². The molecule has 12 aromatic rings. The third kappa shape index (κ3) is 5.88. The second kappa shape index (κ2) is 14.3. The van der Waals surface area contributed by atoms with Crippen LogP contribution in [0, 0.1) is 0 Å². The summed E-state index contributed by atoms with van der Waals surface area (Å²) in [5.41, 5.74) is 10.9. The molecule has 0 unspecified atom stereocenters. The minimum Gasteiger partial charge on any atom is -0.309 e. The molecular formula is C57H36N4. The lowest BCUT2D eigenvalue weighted by Crippen LogP contribution is -2.02. The monoisotopic (exact) mass is 776 g/mol. The van der Waals surface area contributed by atoms with E-state index >= 15 is 0 Å². The van der Waals surface area contributed by atoms with Gasteiger partial charge in [0.1, 0.15) is 0 Å². The average molecular weight is 777 g/mol. The third-order valence-electron chi connectivity index (χ3n) is 12.0. The molecular weight excluding hydrogens is 741 g/mol. The van der Waals surface area contributed by atoms with Gasteiger partial charge in [0.2, 0.25) is 0 Å². The highest BCUT2D eigenvalue weighted by Crippen LogP contribution is 2.41. The fourth-order valence-corrected chi connectivity index (χ4v) is 9.17. The van der Waals surface area contributed by atoms with Crippen LogP contribution in [-0.4, -0.2) is 19.5 Å². The maximum Gasteiger partial charge on any atom is 0.165 e. The van der Waals surface area contributed by atoms with Crippen molar-refractivity contribution < 1.29 is 0 Å². The second-order valence-electron chi connectivity index (χ2n) is 15.6. The van der Waals surface area contributed by atoms with E-state index < -0.39 is 0 Å². The average Bonchev–Trinajstić information content (AvgIpc) is 3.67. The first-order valence-corrected chi connectivity index (χ1v) is 20.7. The molecule has 2 heterocycles. The number of para-hydroxylation sites is 2. The van der Waals surface area contributed by atoms with Crippen LogP contribution in [0.4, 0.5) is 0 Å². The Labute approximate surface area is 352 Å². The Balaban J connectivity index is 1.04. The number of rotatable bonds is 6. The molecule has 0 aliphatic heterocycles. The van der Waals surface area contributed by atoms with E-state index in [0.29, 0.717) is 17.5 Å². The quantitative estimate of drug-likeness (QED) is 0.125. The lowest BCUT2D eigenvalue weighted by Gasteiger charge is -2.15. The van der Waals surface area contributed by atoms with Crippen LogP contribution in [0.1, 0.15) is 0 Å². The van der Waals surface area contributed by atoms with Crippen LogP contribution in [0.15, 0.2) is 218 Å². The summed E-state index contributed by atoms with van der Waals surface area (Å²) in [7, 11) is 0. The lowest BCUT2D eigenvalue weighted by molar-refractivity contribution is 1.08. The molecule has 284 valence electrons. The molecule has 4 heteroatoms. The molecule has 4 nitrogen and oxygen atoms in total. The van der Waals surface area contributed by atoms with Gasteiger partial charge in [-0.2, -0.15) is 0 Å². The summed E-state index contributed by atoms with van der Waals surface area (Å²) in [5, 5.41) is 9.38. The summed E-state index contributed by atoms with van der Waals surface area (Å²) in [6.07, 6.45) is 0. The molecule has 0 radical (unpaired) electrons. The van der Waals surface area contributed by atoms with Gasteiger partial charge in [0.25, 0.3) is 0 Å². The predicted octanol–water partition coefficient (Wildman–Crippen LogP) is 14.8. The number of aromatic nitrogens is 4. The minimum atomic E-state index is 0.623. The van der Waals surface area contributed by atoms with E-state index in [1.165, 1.54) is 38.0 Å². The van der Waals surface area contributed by atoms with E-state index in [-0.39, 0.29) is 0 Å². The SMILES string of the molecule is c1ccc(-c2ccccc2-c2nc(-c3ccc(-c4ccc5c(c4)c4ccccc4n5-c4ccccc4)cc3)nc(-c3c4ccccc4cc4c3ccc3ccccc34)n2)cc1. The van der Waals surface area contributed by atoms with Gasteiger partial charge < -0.3 is 4.57 Å². The predicted molar refractivity (Wildman–Crippen MR) is 254 cm³/mol. The van der Waals surface area contributed by atoms with E-state index in [4.69, 9.17) is 15.0 Å².